The molecule has 8 aliphatic carbocycles. The maximum Gasteiger partial charge on any atom is 0 e. The number of Topliss-reactive ketones (excluding diaryl/α,β-unsaturated/α-hetero) is 3. The Hall–Kier alpha value is 1.17. The van der Waals surface area contributed by atoms with E-state index in [0.29, 0.717) is 90.7 Å². The Morgan fingerprint density at radius 2 is 1.15 bits per heavy atom. The molecular weight excluding hydrogens is 1130 g/mol. The first kappa shape index (κ1) is 52.1. The van der Waals surface area contributed by atoms with Crippen molar-refractivity contribution < 1.29 is 65.6 Å². The molecule has 0 aliphatic heterocycles. The van der Waals surface area contributed by atoms with Crippen LogP contribution in [-0.4, -0.2) is 54.9 Å². The number of carbonyl (C=O) groups excluding carboxylic acids is 3. The van der Waals surface area contributed by atoms with Crippen LogP contribution in [0.3, 0.4) is 0 Å². The molecule has 0 heterocycles. The third kappa shape index (κ3) is 9.00. The number of aliphatic carboxylic acids is 1. The molecule has 0 aromatic rings. The summed E-state index contributed by atoms with van der Waals surface area (Å²) >= 11 is 5.30. The first-order valence-corrected chi connectivity index (χ1v) is 36.1. The summed E-state index contributed by atoms with van der Waals surface area (Å²) in [6, 6.07) is 0. The fourth-order valence-electron chi connectivity index (χ4n) is 17.1. The van der Waals surface area contributed by atoms with Gasteiger partial charge in [-0.15, -0.1) is 0 Å². The summed E-state index contributed by atoms with van der Waals surface area (Å²) in [4.78, 5) is 51.2. The van der Waals surface area contributed by atoms with Gasteiger partial charge in [0.15, 0.2) is 0 Å². The van der Waals surface area contributed by atoms with Gasteiger partial charge in [0, 0.05) is 62.9 Å². The van der Waals surface area contributed by atoms with E-state index in [1.165, 1.54) is 25.7 Å². The second kappa shape index (κ2) is 20.6. The number of carboxylic acid groups (broad SMARTS) is 1. The van der Waals surface area contributed by atoms with Crippen LogP contribution in [0.15, 0.2) is 0 Å². The number of methoxy groups -OCH3 is 2. The van der Waals surface area contributed by atoms with Crippen molar-refractivity contribution in [1.82, 2.24) is 0 Å². The average molecular weight is 1210 g/mol. The SMILES string of the molecule is CC[C@H]1C(=O)[C@@H]2[C@H](CC[C@]3(C)[C@@H]([C@H](C)C(C)=O)CC[C@@H]23)[C@@]2(C)CC[C@@H](OC)C[C@@H]12.CO[C@@H]1CC[C@@]2(C)[C@H](CC(=O)[C@@H]3[C@@H]2CC[C@]2(C)[C@@H]([C@H](C)C(=O)O)CC[C@@H]32)C1.I[I-]I.[V]. The van der Waals surface area contributed by atoms with Crippen LogP contribution in [0.5, 0.6) is 0 Å². The fraction of sp³-hybridized carbons (Fsp3) is 0.918. The number of carbonyl (C=O) groups is 4. The zero-order valence-corrected chi connectivity index (χ0v) is 46.3. The topological polar surface area (TPSA) is 107 Å². The van der Waals surface area contributed by atoms with Crippen molar-refractivity contribution in [2.45, 2.75) is 170 Å². The standard InChI is InChI=1S/C26H42O3.C23H36O4.I3.V/c1-7-18-22-14-17(29-6)10-12-26(22,5)21-11-13-25(4)19(15(2)16(3)27)8-9-20(25)23(21)24(18)28;1-13(21(25)26)16-5-6-17-20-18(8-10-23(16,17)3)22(2)9-7-15(27-4)11-14(22)12-19(20)24;1-3-2;/h15,17-23H,7-14H2,1-6H3;13-18,20H,5-12H2,1-4H3,(H,25,26);;/q;;-1;/t15-,17-,18-,19-,20+,21+,22+,23+,25-,26-;13-,14-,15+,16+,17-,18-,20-,22-,23+;;/m10../s1. The number of ketones is 3. The molecule has 8 saturated carbocycles. The molecule has 0 spiro atoms. The molecule has 19 atom stereocenters. The van der Waals surface area contributed by atoms with Crippen LogP contribution < -0.4 is 13.3 Å². The van der Waals surface area contributed by atoms with Crippen LogP contribution in [0.1, 0.15) is 158 Å². The second-order valence-electron chi connectivity index (χ2n) is 22.2. The van der Waals surface area contributed by atoms with Gasteiger partial charge in [0.05, 0.1) is 18.1 Å². The van der Waals surface area contributed by atoms with Gasteiger partial charge in [0.2, 0.25) is 0 Å². The van der Waals surface area contributed by atoms with Crippen LogP contribution in [0.2, 0.25) is 0 Å². The Morgan fingerprint density at radius 1 is 0.700 bits per heavy atom. The van der Waals surface area contributed by atoms with Gasteiger partial charge in [-0.2, -0.15) is 0 Å². The molecule has 8 aliphatic rings. The van der Waals surface area contributed by atoms with Crippen LogP contribution in [0.4, 0.5) is 0 Å². The van der Waals surface area contributed by atoms with Gasteiger partial charge < -0.3 is 14.6 Å². The summed E-state index contributed by atoms with van der Waals surface area (Å²) in [7, 11) is 3.64. The predicted octanol–water partition coefficient (Wildman–Crippen LogP) is 9.03. The van der Waals surface area contributed by atoms with Gasteiger partial charge in [0.25, 0.3) is 0 Å². The minimum Gasteiger partial charge on any atom is 0 e. The summed E-state index contributed by atoms with van der Waals surface area (Å²) in [6.07, 6.45) is 17.9. The van der Waals surface area contributed by atoms with Crippen molar-refractivity contribution in [2.75, 3.05) is 14.2 Å². The van der Waals surface area contributed by atoms with Gasteiger partial charge >= 0.3 is 56.5 Å². The Balaban J connectivity index is 0.000000211. The van der Waals surface area contributed by atoms with Gasteiger partial charge in [-0.3, -0.25) is 19.2 Å². The Bertz CT molecular complexity index is 1560. The molecule has 0 aromatic carbocycles. The molecule has 0 amide bonds. The molecule has 60 heavy (non-hydrogen) atoms. The number of halogens is 3. The van der Waals surface area contributed by atoms with E-state index in [9.17, 15) is 24.3 Å². The number of hydrogen-bond donors (Lipinski definition) is 1. The smallest absolute Gasteiger partial charge is 0 e. The van der Waals surface area contributed by atoms with Crippen LogP contribution >= 0.6 is 37.2 Å². The quantitative estimate of drug-likeness (QED) is 0.254. The largest absolute Gasteiger partial charge is 0 e. The maximum absolute atomic E-state index is 14.0. The van der Waals surface area contributed by atoms with E-state index in [4.69, 9.17) is 9.47 Å². The molecule has 11 heteroatoms. The summed E-state index contributed by atoms with van der Waals surface area (Å²) in [5.41, 5.74) is 0.708. The van der Waals surface area contributed by atoms with E-state index in [-0.39, 0.29) is 75.7 Å². The van der Waals surface area contributed by atoms with Crippen LogP contribution in [0.25, 0.3) is 0 Å². The van der Waals surface area contributed by atoms with Gasteiger partial charge in [-0.1, -0.05) is 48.5 Å². The Labute approximate surface area is 405 Å². The number of rotatable bonds is 7. The van der Waals surface area contributed by atoms with Crippen molar-refractivity contribution in [3.05, 3.63) is 0 Å². The third-order valence-corrected chi connectivity index (χ3v) is 20.6. The first-order valence-electron chi connectivity index (χ1n) is 23.5. The molecule has 0 bridgehead atoms. The van der Waals surface area contributed by atoms with Crippen molar-refractivity contribution in [3.8, 4) is 0 Å². The van der Waals surface area contributed by atoms with E-state index in [1.807, 2.05) is 14.0 Å². The summed E-state index contributed by atoms with van der Waals surface area (Å²) in [5, 5.41) is 9.60. The monoisotopic (exact) mass is 1210 g/mol. The summed E-state index contributed by atoms with van der Waals surface area (Å²) in [6.45, 7) is 17.7. The Morgan fingerprint density at radius 3 is 1.65 bits per heavy atom. The van der Waals surface area contributed by atoms with E-state index in [1.54, 1.807) is 14.0 Å². The summed E-state index contributed by atoms with van der Waals surface area (Å²) in [5.74, 6) is 4.59. The average Bonchev–Trinajstić information content (AvgIpc) is 3.74. The number of fused-ring (bicyclic) bond motifs is 10. The molecule has 0 unspecified atom stereocenters. The molecule has 7 nitrogen and oxygen atoms in total. The molecule has 8 fully saturated rings. The molecule has 8 rings (SSSR count). The van der Waals surface area contributed by atoms with Crippen LogP contribution in [0, 0.1) is 98.6 Å². The normalized spacial score (nSPS) is 47.4. The second-order valence-corrected chi connectivity index (χ2v) is 38.4. The molecule has 0 aromatic heterocycles. The molecule has 0 saturated heterocycles. The van der Waals surface area contributed by atoms with Gasteiger partial charge in [-0.05, 0) is 172 Å². The summed E-state index contributed by atoms with van der Waals surface area (Å²) < 4.78 is 11.4. The third-order valence-electron chi connectivity index (χ3n) is 20.6. The molecule has 343 valence electrons. The number of ether oxygens (including phenoxy) is 2. The van der Waals surface area contributed by atoms with E-state index >= 15 is 0 Å². The Kier molecular flexibility index (Phi) is 17.9. The van der Waals surface area contributed by atoms with Crippen molar-refractivity contribution >= 4 is 60.6 Å². The molecule has 1 N–H and O–H groups in total. The molecular formula is C49H78I3O7V-. The zero-order chi connectivity index (χ0) is 43.4. The first-order chi connectivity index (χ1) is 27.8. The number of hydrogen-bond acceptors (Lipinski definition) is 6. The fourth-order valence-corrected chi connectivity index (χ4v) is 17.1. The van der Waals surface area contributed by atoms with Crippen molar-refractivity contribution in [2.24, 2.45) is 98.6 Å². The minimum atomic E-state index is -0.677. The maximum atomic E-state index is 14.0. The van der Waals surface area contributed by atoms with Crippen molar-refractivity contribution in [1.29, 1.82) is 0 Å². The van der Waals surface area contributed by atoms with Gasteiger partial charge in [0.1, 0.15) is 17.3 Å². The minimum absolute atomic E-state index is 0. The van der Waals surface area contributed by atoms with E-state index in [2.05, 4.69) is 78.8 Å². The van der Waals surface area contributed by atoms with Crippen molar-refractivity contribution in [3.63, 3.8) is 0 Å². The number of carboxylic acids is 1. The zero-order valence-electron chi connectivity index (χ0n) is 38.5. The van der Waals surface area contributed by atoms with Crippen LogP contribution in [-0.2, 0) is 47.2 Å². The van der Waals surface area contributed by atoms with Gasteiger partial charge in [-0.25, -0.2) is 0 Å². The van der Waals surface area contributed by atoms with E-state index in [0.717, 1.165) is 70.6 Å². The predicted molar refractivity (Wildman–Crippen MR) is 247 cm³/mol. The van der Waals surface area contributed by atoms with E-state index < -0.39 is 5.97 Å². The molecule has 1 radical (unpaired) electrons.